The minimum atomic E-state index is 0.827. The van der Waals surface area contributed by atoms with Crippen LogP contribution in [0, 0.1) is 5.92 Å². The second-order valence-corrected chi connectivity index (χ2v) is 6.48. The Labute approximate surface area is 126 Å². The van der Waals surface area contributed by atoms with Gasteiger partial charge >= 0.3 is 0 Å². The van der Waals surface area contributed by atoms with Crippen LogP contribution in [-0.2, 0) is 6.54 Å². The molecule has 2 nitrogen and oxygen atoms in total. The predicted molar refractivity (Wildman–Crippen MR) is 88.2 cm³/mol. The van der Waals surface area contributed by atoms with Crippen molar-refractivity contribution in [1.82, 2.24) is 5.32 Å². The van der Waals surface area contributed by atoms with Gasteiger partial charge in [-0.2, -0.15) is 0 Å². The predicted octanol–water partition coefficient (Wildman–Crippen LogP) is 4.73. The number of unbranched alkanes of at least 4 members (excludes halogenated alkanes) is 3. The Balaban J connectivity index is 2.06. The molecule has 19 heavy (non-hydrogen) atoms. The first-order chi connectivity index (χ1) is 9.09. The van der Waals surface area contributed by atoms with E-state index in [1.54, 1.807) is 0 Å². The van der Waals surface area contributed by atoms with Gasteiger partial charge in [0.1, 0.15) is 0 Å². The molecule has 0 unspecified atom stereocenters. The molecule has 0 heterocycles. The molecule has 0 amide bonds. The van der Waals surface area contributed by atoms with Gasteiger partial charge in [0.2, 0.25) is 0 Å². The highest BCUT2D eigenvalue weighted by atomic mass is 79.9. The molecule has 3 N–H and O–H groups in total. The molecule has 1 aromatic carbocycles. The first-order valence-corrected chi connectivity index (χ1v) is 8.13. The van der Waals surface area contributed by atoms with Crippen LogP contribution < -0.4 is 11.1 Å². The van der Waals surface area contributed by atoms with E-state index in [-0.39, 0.29) is 0 Å². The summed E-state index contributed by atoms with van der Waals surface area (Å²) in [6.07, 6.45) is 6.69. The molecule has 0 saturated carbocycles. The fourth-order valence-electron chi connectivity index (χ4n) is 2.11. The number of nitrogen functional groups attached to an aromatic ring is 1. The van der Waals surface area contributed by atoms with E-state index in [4.69, 9.17) is 5.73 Å². The van der Waals surface area contributed by atoms with Crippen molar-refractivity contribution in [2.45, 2.75) is 52.5 Å². The van der Waals surface area contributed by atoms with Crippen LogP contribution in [0.4, 0.5) is 5.69 Å². The fraction of sp³-hybridized carbons (Fsp3) is 0.625. The van der Waals surface area contributed by atoms with Gasteiger partial charge in [-0.05, 0) is 42.6 Å². The lowest BCUT2D eigenvalue weighted by atomic mass is 10.0. The van der Waals surface area contributed by atoms with Gasteiger partial charge in [-0.25, -0.2) is 0 Å². The number of rotatable bonds is 9. The first-order valence-electron chi connectivity index (χ1n) is 7.34. The van der Waals surface area contributed by atoms with Crippen molar-refractivity contribution in [3.63, 3.8) is 0 Å². The molecule has 0 bridgehead atoms. The number of hydrogen-bond donors (Lipinski definition) is 2. The maximum absolute atomic E-state index is 5.79. The third kappa shape index (κ3) is 7.58. The lowest BCUT2D eigenvalue weighted by Crippen LogP contribution is -2.15. The van der Waals surface area contributed by atoms with Crippen molar-refractivity contribution in [1.29, 1.82) is 0 Å². The summed E-state index contributed by atoms with van der Waals surface area (Å²) in [5.41, 5.74) is 7.85. The number of benzene rings is 1. The maximum atomic E-state index is 5.79. The summed E-state index contributed by atoms with van der Waals surface area (Å²) in [6.45, 7) is 6.57. The van der Waals surface area contributed by atoms with Crippen molar-refractivity contribution >= 4 is 21.6 Å². The average molecular weight is 327 g/mol. The number of hydrogen-bond acceptors (Lipinski definition) is 2. The van der Waals surface area contributed by atoms with E-state index in [1.165, 1.54) is 37.7 Å². The van der Waals surface area contributed by atoms with E-state index in [2.05, 4.69) is 35.1 Å². The summed E-state index contributed by atoms with van der Waals surface area (Å²) >= 11 is 3.55. The fourth-order valence-corrected chi connectivity index (χ4v) is 2.50. The zero-order chi connectivity index (χ0) is 14.1. The SMILES string of the molecule is CC(C)CCCCCCNCc1cc(N)ccc1Br. The Bertz CT molecular complexity index is 364. The Morgan fingerprint density at radius 2 is 1.89 bits per heavy atom. The standard InChI is InChI=1S/C16H27BrN2/c1-13(2)7-5-3-4-6-10-19-12-14-11-15(18)8-9-16(14)17/h8-9,11,13,19H,3-7,10,12,18H2,1-2H3. The van der Waals surface area contributed by atoms with E-state index in [1.807, 2.05) is 18.2 Å². The highest BCUT2D eigenvalue weighted by molar-refractivity contribution is 9.10. The third-order valence-electron chi connectivity index (χ3n) is 3.27. The van der Waals surface area contributed by atoms with Gasteiger partial charge in [-0.3, -0.25) is 0 Å². The largest absolute Gasteiger partial charge is 0.399 e. The van der Waals surface area contributed by atoms with Crippen LogP contribution >= 0.6 is 15.9 Å². The second kappa shape index (κ2) is 9.38. The van der Waals surface area contributed by atoms with Crippen molar-refractivity contribution in [2.75, 3.05) is 12.3 Å². The molecular formula is C16H27BrN2. The molecule has 0 atom stereocenters. The van der Waals surface area contributed by atoms with Crippen molar-refractivity contribution in [2.24, 2.45) is 5.92 Å². The Morgan fingerprint density at radius 1 is 1.16 bits per heavy atom. The lowest BCUT2D eigenvalue weighted by molar-refractivity contribution is 0.512. The number of anilines is 1. The quantitative estimate of drug-likeness (QED) is 0.508. The van der Waals surface area contributed by atoms with Crippen molar-refractivity contribution in [3.8, 4) is 0 Å². The van der Waals surface area contributed by atoms with E-state index >= 15 is 0 Å². The molecule has 0 saturated heterocycles. The van der Waals surface area contributed by atoms with Crippen LogP contribution in [0.3, 0.4) is 0 Å². The molecule has 0 aliphatic rings. The molecule has 0 fully saturated rings. The second-order valence-electron chi connectivity index (χ2n) is 5.62. The van der Waals surface area contributed by atoms with Crippen LogP contribution in [-0.4, -0.2) is 6.54 Å². The lowest BCUT2D eigenvalue weighted by Gasteiger charge is -2.08. The summed E-state index contributed by atoms with van der Waals surface area (Å²) in [4.78, 5) is 0. The van der Waals surface area contributed by atoms with Crippen molar-refractivity contribution in [3.05, 3.63) is 28.2 Å². The van der Waals surface area contributed by atoms with Gasteiger partial charge in [0.15, 0.2) is 0 Å². The maximum Gasteiger partial charge on any atom is 0.0318 e. The molecule has 0 radical (unpaired) electrons. The van der Waals surface area contributed by atoms with Gasteiger partial charge in [0.25, 0.3) is 0 Å². The van der Waals surface area contributed by atoms with Gasteiger partial charge < -0.3 is 11.1 Å². The van der Waals surface area contributed by atoms with Gasteiger partial charge in [0.05, 0.1) is 0 Å². The molecule has 0 aliphatic carbocycles. The van der Waals surface area contributed by atoms with Crippen LogP contribution in [0.25, 0.3) is 0 Å². The van der Waals surface area contributed by atoms with Gasteiger partial charge in [-0.15, -0.1) is 0 Å². The summed E-state index contributed by atoms with van der Waals surface area (Å²) < 4.78 is 1.13. The Hall–Kier alpha value is -0.540. The van der Waals surface area contributed by atoms with Crippen LogP contribution in [0.2, 0.25) is 0 Å². The normalized spacial score (nSPS) is 11.2. The van der Waals surface area contributed by atoms with E-state index in [0.717, 1.165) is 29.2 Å². The smallest absolute Gasteiger partial charge is 0.0318 e. The molecule has 3 heteroatoms. The molecule has 0 spiro atoms. The molecule has 1 rings (SSSR count). The van der Waals surface area contributed by atoms with E-state index in [9.17, 15) is 0 Å². The van der Waals surface area contributed by atoms with Crippen LogP contribution in [0.5, 0.6) is 0 Å². The van der Waals surface area contributed by atoms with Crippen LogP contribution in [0.1, 0.15) is 51.5 Å². The van der Waals surface area contributed by atoms with Crippen LogP contribution in [0.15, 0.2) is 22.7 Å². The summed E-state index contributed by atoms with van der Waals surface area (Å²) in [5.74, 6) is 0.846. The zero-order valence-corrected chi connectivity index (χ0v) is 13.8. The van der Waals surface area contributed by atoms with Gasteiger partial charge in [0, 0.05) is 16.7 Å². The Kier molecular flexibility index (Phi) is 8.15. The minimum absolute atomic E-state index is 0.827. The molecule has 0 aliphatic heterocycles. The summed E-state index contributed by atoms with van der Waals surface area (Å²) in [6, 6.07) is 5.96. The third-order valence-corrected chi connectivity index (χ3v) is 4.04. The number of nitrogens with two attached hydrogens (primary N) is 1. The summed E-state index contributed by atoms with van der Waals surface area (Å²) in [7, 11) is 0. The highest BCUT2D eigenvalue weighted by Gasteiger charge is 2.00. The number of nitrogens with one attached hydrogen (secondary N) is 1. The highest BCUT2D eigenvalue weighted by Crippen LogP contribution is 2.19. The average Bonchev–Trinajstić information content (AvgIpc) is 2.36. The zero-order valence-electron chi connectivity index (χ0n) is 12.2. The van der Waals surface area contributed by atoms with Crippen molar-refractivity contribution < 1.29 is 0 Å². The molecule has 1 aromatic rings. The monoisotopic (exact) mass is 326 g/mol. The topological polar surface area (TPSA) is 38.0 Å². The van der Waals surface area contributed by atoms with E-state index in [0.29, 0.717) is 0 Å². The number of halogens is 1. The minimum Gasteiger partial charge on any atom is -0.399 e. The van der Waals surface area contributed by atoms with Gasteiger partial charge in [-0.1, -0.05) is 55.5 Å². The summed E-state index contributed by atoms with van der Waals surface area (Å²) in [5, 5.41) is 3.48. The molecular weight excluding hydrogens is 300 g/mol. The molecule has 108 valence electrons. The molecule has 0 aromatic heterocycles. The Morgan fingerprint density at radius 3 is 2.63 bits per heavy atom. The van der Waals surface area contributed by atoms with E-state index < -0.39 is 0 Å². The first kappa shape index (κ1) is 16.5.